The van der Waals surface area contributed by atoms with E-state index in [-0.39, 0.29) is 83.4 Å². The summed E-state index contributed by atoms with van der Waals surface area (Å²) in [5, 5.41) is 92.9. The summed E-state index contributed by atoms with van der Waals surface area (Å²) in [6.07, 6.45) is 16.6. The lowest BCUT2D eigenvalue weighted by atomic mass is 9.95. The first-order chi connectivity index (χ1) is 47.7. The summed E-state index contributed by atoms with van der Waals surface area (Å²) in [7, 11) is -3.73. The number of esters is 2. The molecule has 0 aliphatic carbocycles. The van der Waals surface area contributed by atoms with Crippen molar-refractivity contribution < 1.29 is 116 Å². The minimum absolute atomic E-state index is 0.00721. The lowest BCUT2D eigenvalue weighted by Gasteiger charge is -2.49. The van der Waals surface area contributed by atoms with Crippen LogP contribution in [-0.2, 0) is 75.5 Å². The molecule has 3 fully saturated rings. The van der Waals surface area contributed by atoms with Gasteiger partial charge in [-0.05, 0) is 90.4 Å². The summed E-state index contributed by atoms with van der Waals surface area (Å²) in [6.45, 7) is 5.99. The van der Waals surface area contributed by atoms with Crippen LogP contribution in [0, 0.1) is 0 Å². The maximum Gasteiger partial charge on any atom is 0.327 e. The van der Waals surface area contributed by atoms with Gasteiger partial charge in [-0.15, -0.1) is 0 Å². The van der Waals surface area contributed by atoms with Crippen molar-refractivity contribution in [3.63, 3.8) is 0 Å². The highest BCUT2D eigenvalue weighted by Crippen LogP contribution is 2.44. The molecule has 3 rings (SSSR count). The topological polar surface area (TPSA) is 393 Å². The molecule has 0 aromatic heterocycles. The number of hydrogen-bond acceptors (Lipinski definition) is 24. The third-order valence-corrected chi connectivity index (χ3v) is 18.9. The van der Waals surface area contributed by atoms with Gasteiger partial charge in [-0.3, -0.25) is 28.5 Å². The zero-order valence-electron chi connectivity index (χ0n) is 60.1. The van der Waals surface area contributed by atoms with Gasteiger partial charge in [0.1, 0.15) is 73.7 Å². The molecule has 0 aromatic carbocycles. The maximum absolute atomic E-state index is 13.4. The van der Waals surface area contributed by atoms with Crippen LogP contribution < -0.4 is 16.0 Å². The third kappa shape index (κ3) is 38.7. The van der Waals surface area contributed by atoms with Gasteiger partial charge in [-0.2, -0.15) is 0 Å². The monoisotopic (exact) mass is 1440 g/mol. The van der Waals surface area contributed by atoms with E-state index in [1.54, 1.807) is 0 Å². The van der Waals surface area contributed by atoms with E-state index in [1.165, 1.54) is 97.6 Å². The zero-order chi connectivity index (χ0) is 72.6. The van der Waals surface area contributed by atoms with Gasteiger partial charge in [0.2, 0.25) is 17.7 Å². The fourth-order valence-electron chi connectivity index (χ4n) is 11.7. The fourth-order valence-corrected chi connectivity index (χ4v) is 12.7. The maximum atomic E-state index is 13.4. The Balaban J connectivity index is 1.37. The molecular formula is C71H128N3O24P. The first-order valence-electron chi connectivity index (χ1n) is 37.2. The summed E-state index contributed by atoms with van der Waals surface area (Å²) in [5.74, 6) is -2.12. The molecule has 99 heavy (non-hydrogen) atoms. The number of amides is 3. The lowest BCUT2D eigenvalue weighted by Crippen LogP contribution is -2.68. The van der Waals surface area contributed by atoms with Crippen LogP contribution in [-0.4, -0.2) is 228 Å². The van der Waals surface area contributed by atoms with Gasteiger partial charge in [0, 0.05) is 52.4 Å². The molecule has 576 valence electrons. The number of aliphatic hydroxyl groups excluding tert-OH is 8. The lowest BCUT2D eigenvalue weighted by molar-refractivity contribution is -0.382. The Hall–Kier alpha value is -3.58. The highest BCUT2D eigenvalue weighted by molar-refractivity contribution is 7.52. The van der Waals surface area contributed by atoms with Crippen LogP contribution in [0.4, 0.5) is 0 Å². The largest absolute Gasteiger partial charge is 0.462 e. The molecule has 0 spiro atoms. The summed E-state index contributed by atoms with van der Waals surface area (Å²) < 4.78 is 70.6. The number of aliphatic hydroxyl groups is 8. The molecule has 3 saturated heterocycles. The van der Waals surface area contributed by atoms with Gasteiger partial charge in [0.05, 0.1) is 39.1 Å². The van der Waals surface area contributed by atoms with Crippen molar-refractivity contribution in [2.75, 3.05) is 59.4 Å². The molecule has 7 unspecified atom stereocenters. The Morgan fingerprint density at radius 3 is 1.51 bits per heavy atom. The summed E-state index contributed by atoms with van der Waals surface area (Å²) in [6, 6.07) is -1.34. The van der Waals surface area contributed by atoms with Gasteiger partial charge in [-0.1, -0.05) is 141 Å². The molecule has 3 aliphatic heterocycles. The van der Waals surface area contributed by atoms with Gasteiger partial charge in [0.15, 0.2) is 25.0 Å². The molecule has 3 aliphatic rings. The molecule has 0 radical (unpaired) electrons. The van der Waals surface area contributed by atoms with Gasteiger partial charge in [-0.25, -0.2) is 0 Å². The molecule has 0 saturated carbocycles. The van der Waals surface area contributed by atoms with Crippen LogP contribution in [0.1, 0.15) is 240 Å². The standard InChI is InChI=1S/C71H128N3O24P/c1-6-8-10-12-14-16-18-20-22-24-26-28-30-32-34-41-58(80)90-49-53(94-59(81)42-35-33-31-29-27-25-23-21-19-17-15-13-11-9-7-2)50-92-99(5,88)91-46-44-73-57(79)40-37-36-39-56(78)72-43-38-45-89-69-60(74-52(4)77)63(84)67(55(48-76)96-69)97-71-68(65(86)62(83)54(47-75)95-71)98-70-66(87)64(85)61(82)51(3)93-70/h20-23,51,53-55,60-71,75-76,82-87H,6-19,24-50H2,1-5H3,(H,72,78)(H,73,79)(H,74,77)/b22-20-,23-21-/t51?,53-,54?,55-,60?,61+,62-,63?,64-,65-,66?,67+,68?,69+,70-,71-,99?/m0/s1. The molecule has 3 amide bonds. The first kappa shape index (κ1) is 89.6. The predicted octanol–water partition coefficient (Wildman–Crippen LogP) is 7.19. The van der Waals surface area contributed by atoms with E-state index in [1.807, 2.05) is 0 Å². The van der Waals surface area contributed by atoms with Crippen LogP contribution >= 0.6 is 7.60 Å². The van der Waals surface area contributed by atoms with E-state index in [2.05, 4.69) is 54.1 Å². The molecule has 3 heterocycles. The number of carbonyl (C=O) groups excluding carboxylic acids is 5. The third-order valence-electron chi connectivity index (χ3n) is 17.7. The number of unbranched alkanes of at least 4 members (excludes halogenated alkanes) is 23. The fraction of sp³-hybridized carbons (Fsp3) is 0.873. The van der Waals surface area contributed by atoms with Crippen molar-refractivity contribution in [1.29, 1.82) is 0 Å². The molecule has 0 aromatic rings. The number of nitrogens with one attached hydrogen (secondary N) is 3. The minimum Gasteiger partial charge on any atom is -0.462 e. The number of ether oxygens (including phenoxy) is 8. The van der Waals surface area contributed by atoms with Crippen LogP contribution in [0.2, 0.25) is 0 Å². The second-order valence-corrected chi connectivity index (χ2v) is 28.6. The number of carbonyl (C=O) groups is 5. The second-order valence-electron chi connectivity index (χ2n) is 26.5. The normalized spacial score (nSPS) is 26.7. The van der Waals surface area contributed by atoms with E-state index >= 15 is 0 Å². The minimum atomic E-state index is -3.73. The molecule has 17 atom stereocenters. The second kappa shape index (κ2) is 54.1. The Morgan fingerprint density at radius 1 is 0.485 bits per heavy atom. The average Bonchev–Trinajstić information content (AvgIpc) is 1.83. The molecule has 28 heteroatoms. The zero-order valence-corrected chi connectivity index (χ0v) is 61.0. The van der Waals surface area contributed by atoms with Crippen molar-refractivity contribution in [2.45, 2.75) is 338 Å². The summed E-state index contributed by atoms with van der Waals surface area (Å²) >= 11 is 0. The van der Waals surface area contributed by atoms with E-state index < -0.39 is 137 Å². The number of rotatable bonds is 57. The average molecular weight is 1440 g/mol. The summed E-state index contributed by atoms with van der Waals surface area (Å²) in [5.41, 5.74) is 0. The van der Waals surface area contributed by atoms with Crippen LogP contribution in [0.3, 0.4) is 0 Å². The molecular weight excluding hydrogens is 1310 g/mol. The van der Waals surface area contributed by atoms with Crippen molar-refractivity contribution in [3.8, 4) is 0 Å². The van der Waals surface area contributed by atoms with E-state index in [0.29, 0.717) is 25.7 Å². The van der Waals surface area contributed by atoms with Crippen LogP contribution in [0.25, 0.3) is 0 Å². The molecule has 27 nitrogen and oxygen atoms in total. The van der Waals surface area contributed by atoms with E-state index in [9.17, 15) is 69.4 Å². The summed E-state index contributed by atoms with van der Waals surface area (Å²) in [4.78, 5) is 63.6. The smallest absolute Gasteiger partial charge is 0.327 e. The Bertz CT molecular complexity index is 2270. The van der Waals surface area contributed by atoms with Crippen molar-refractivity contribution in [1.82, 2.24) is 16.0 Å². The number of allylic oxidation sites excluding steroid dienone is 4. The highest BCUT2D eigenvalue weighted by atomic mass is 31.2. The molecule has 11 N–H and O–H groups in total. The highest BCUT2D eigenvalue weighted by Gasteiger charge is 2.54. The number of hydrogen-bond donors (Lipinski definition) is 11. The molecule has 0 bridgehead atoms. The predicted molar refractivity (Wildman–Crippen MR) is 369 cm³/mol. The Kier molecular flexibility index (Phi) is 49.0. The van der Waals surface area contributed by atoms with E-state index in [4.69, 9.17) is 46.9 Å². The van der Waals surface area contributed by atoms with Gasteiger partial charge < -0.3 is 104 Å². The van der Waals surface area contributed by atoms with Crippen LogP contribution in [0.5, 0.6) is 0 Å². The van der Waals surface area contributed by atoms with Crippen molar-refractivity contribution in [3.05, 3.63) is 24.3 Å². The Morgan fingerprint density at radius 2 is 0.970 bits per heavy atom. The Labute approximate surface area is 588 Å². The van der Waals surface area contributed by atoms with Crippen molar-refractivity contribution >= 4 is 37.3 Å². The van der Waals surface area contributed by atoms with Crippen LogP contribution in [0.15, 0.2) is 24.3 Å². The first-order valence-corrected chi connectivity index (χ1v) is 39.2. The SMILES string of the molecule is CCCCCCCC/C=C\CCCCCCCC(=O)OC[C@@H](COP(C)(=O)OCCNC(=O)CCCCC(=O)NCCCO[C@@H]1O[C@@H](CO)[C@@H](O[C@@H]2OC(CO)[C@H](O)[C@H](O)C2O[C@@H]2OC(C)[C@@H](O)[C@H](O)C2O)C(O)C1NC(C)=O)OC(=O)CCCCCCC/C=C\CCCCCCCC. The van der Waals surface area contributed by atoms with Crippen molar-refractivity contribution in [2.24, 2.45) is 0 Å². The van der Waals surface area contributed by atoms with Gasteiger partial charge >= 0.3 is 19.5 Å². The van der Waals surface area contributed by atoms with E-state index in [0.717, 1.165) is 77.0 Å². The van der Waals surface area contributed by atoms with Gasteiger partial charge in [0.25, 0.3) is 0 Å². The quantitative estimate of drug-likeness (QED) is 0.0124.